The lowest BCUT2D eigenvalue weighted by molar-refractivity contribution is 0.369. The standard InChI is InChI=1S/C19H31N3O3.HI/c1-5-20-19(22-14-8-6-7-9-14)21-11-10-16-17(24-3)12-15(23-2)13-18(16)25-4;/h12-14H,5-11H2,1-4H3,(H2,20,21,22);1H. The van der Waals surface area contributed by atoms with Gasteiger partial charge in [0.15, 0.2) is 5.96 Å². The van der Waals surface area contributed by atoms with E-state index in [-0.39, 0.29) is 24.0 Å². The number of nitrogens with zero attached hydrogens (tertiary/aromatic N) is 1. The smallest absolute Gasteiger partial charge is 0.191 e. The molecule has 1 aliphatic rings. The molecule has 7 heteroatoms. The summed E-state index contributed by atoms with van der Waals surface area (Å²) in [6, 6.07) is 4.30. The van der Waals surface area contributed by atoms with Gasteiger partial charge in [0.1, 0.15) is 17.2 Å². The maximum atomic E-state index is 5.50. The minimum Gasteiger partial charge on any atom is -0.496 e. The Morgan fingerprint density at radius 1 is 1.08 bits per heavy atom. The molecule has 0 bridgehead atoms. The Morgan fingerprint density at radius 2 is 1.69 bits per heavy atom. The van der Waals surface area contributed by atoms with Gasteiger partial charge in [-0.05, 0) is 26.2 Å². The van der Waals surface area contributed by atoms with E-state index in [1.54, 1.807) is 21.3 Å². The van der Waals surface area contributed by atoms with Crippen molar-refractivity contribution in [1.29, 1.82) is 0 Å². The number of methoxy groups -OCH3 is 3. The Labute approximate surface area is 174 Å². The van der Waals surface area contributed by atoms with E-state index in [9.17, 15) is 0 Å². The second-order valence-electron chi connectivity index (χ2n) is 6.15. The third kappa shape index (κ3) is 6.41. The van der Waals surface area contributed by atoms with E-state index in [2.05, 4.69) is 17.6 Å². The number of rotatable bonds is 8. The fourth-order valence-corrected chi connectivity index (χ4v) is 3.19. The second kappa shape index (κ2) is 12.1. The van der Waals surface area contributed by atoms with E-state index in [0.717, 1.165) is 41.7 Å². The summed E-state index contributed by atoms with van der Waals surface area (Å²) in [5.41, 5.74) is 1.01. The number of hydrogen-bond acceptors (Lipinski definition) is 4. The molecule has 1 saturated carbocycles. The second-order valence-corrected chi connectivity index (χ2v) is 6.15. The molecule has 0 aromatic heterocycles. The van der Waals surface area contributed by atoms with Crippen molar-refractivity contribution < 1.29 is 14.2 Å². The first-order valence-electron chi connectivity index (χ1n) is 9.05. The molecular weight excluding hydrogens is 445 g/mol. The normalized spacial score (nSPS) is 14.5. The Balaban J connectivity index is 0.00000338. The lowest BCUT2D eigenvalue weighted by Crippen LogP contribution is -2.42. The predicted octanol–water partition coefficient (Wildman–Crippen LogP) is 3.37. The zero-order chi connectivity index (χ0) is 18.1. The van der Waals surface area contributed by atoms with Gasteiger partial charge in [0.25, 0.3) is 0 Å². The summed E-state index contributed by atoms with van der Waals surface area (Å²) < 4.78 is 16.3. The molecule has 148 valence electrons. The highest BCUT2D eigenvalue weighted by molar-refractivity contribution is 14.0. The van der Waals surface area contributed by atoms with Crippen LogP contribution in [0.2, 0.25) is 0 Å². The van der Waals surface area contributed by atoms with E-state index in [4.69, 9.17) is 19.2 Å². The zero-order valence-corrected chi connectivity index (χ0v) is 18.6. The number of halogens is 1. The largest absolute Gasteiger partial charge is 0.496 e. The third-order valence-electron chi connectivity index (χ3n) is 4.49. The molecular formula is C19H32IN3O3. The maximum absolute atomic E-state index is 5.50. The lowest BCUT2D eigenvalue weighted by atomic mass is 10.1. The van der Waals surface area contributed by atoms with Crippen LogP contribution in [0.3, 0.4) is 0 Å². The summed E-state index contributed by atoms with van der Waals surface area (Å²) in [6.45, 7) is 3.59. The van der Waals surface area contributed by atoms with Gasteiger partial charge in [0.2, 0.25) is 0 Å². The van der Waals surface area contributed by atoms with Gasteiger partial charge in [-0.15, -0.1) is 24.0 Å². The summed E-state index contributed by atoms with van der Waals surface area (Å²) >= 11 is 0. The van der Waals surface area contributed by atoms with Gasteiger partial charge < -0.3 is 24.8 Å². The van der Waals surface area contributed by atoms with Crippen molar-refractivity contribution >= 4 is 29.9 Å². The Bertz CT molecular complexity index is 550. The van der Waals surface area contributed by atoms with Crippen molar-refractivity contribution in [3.8, 4) is 17.2 Å². The van der Waals surface area contributed by atoms with Crippen LogP contribution < -0.4 is 24.8 Å². The number of ether oxygens (including phenoxy) is 3. The molecule has 0 heterocycles. The van der Waals surface area contributed by atoms with Gasteiger partial charge in [-0.25, -0.2) is 0 Å². The summed E-state index contributed by atoms with van der Waals surface area (Å²) in [7, 11) is 4.95. The first-order valence-corrected chi connectivity index (χ1v) is 9.05. The Morgan fingerprint density at radius 3 is 2.19 bits per heavy atom. The van der Waals surface area contributed by atoms with Gasteiger partial charge in [0, 0.05) is 36.8 Å². The van der Waals surface area contributed by atoms with Gasteiger partial charge in [-0.2, -0.15) is 0 Å². The fourth-order valence-electron chi connectivity index (χ4n) is 3.19. The van der Waals surface area contributed by atoms with Crippen molar-refractivity contribution in [3.05, 3.63) is 17.7 Å². The van der Waals surface area contributed by atoms with Crippen molar-refractivity contribution in [3.63, 3.8) is 0 Å². The fraction of sp³-hybridized carbons (Fsp3) is 0.632. The topological polar surface area (TPSA) is 64.1 Å². The average molecular weight is 477 g/mol. The van der Waals surface area contributed by atoms with E-state index in [1.165, 1.54) is 25.7 Å². The maximum Gasteiger partial charge on any atom is 0.191 e. The van der Waals surface area contributed by atoms with Crippen LogP contribution in [0.5, 0.6) is 17.2 Å². The SMILES string of the molecule is CCNC(=NCCc1c(OC)cc(OC)cc1OC)NC1CCCC1.I. The van der Waals surface area contributed by atoms with Gasteiger partial charge in [-0.1, -0.05) is 12.8 Å². The Hall–Kier alpha value is -1.38. The van der Waals surface area contributed by atoms with E-state index in [1.807, 2.05) is 12.1 Å². The first kappa shape index (κ1) is 22.7. The highest BCUT2D eigenvalue weighted by Gasteiger charge is 2.16. The van der Waals surface area contributed by atoms with Gasteiger partial charge >= 0.3 is 0 Å². The molecule has 26 heavy (non-hydrogen) atoms. The van der Waals surface area contributed by atoms with Crippen LogP contribution in [0.1, 0.15) is 38.2 Å². The average Bonchev–Trinajstić information content (AvgIpc) is 3.14. The van der Waals surface area contributed by atoms with Crippen LogP contribution in [0, 0.1) is 0 Å². The molecule has 1 aromatic carbocycles. The predicted molar refractivity (Wildman–Crippen MR) is 117 cm³/mol. The number of aliphatic imine (C=N–C) groups is 1. The van der Waals surface area contributed by atoms with E-state index in [0.29, 0.717) is 12.6 Å². The van der Waals surface area contributed by atoms with Crippen LogP contribution in [0.25, 0.3) is 0 Å². The summed E-state index contributed by atoms with van der Waals surface area (Å²) in [4.78, 5) is 4.72. The number of benzene rings is 1. The molecule has 0 spiro atoms. The molecule has 0 amide bonds. The monoisotopic (exact) mass is 477 g/mol. The van der Waals surface area contributed by atoms with Crippen molar-refractivity contribution in [2.24, 2.45) is 4.99 Å². The van der Waals surface area contributed by atoms with E-state index >= 15 is 0 Å². The molecule has 0 aliphatic heterocycles. The summed E-state index contributed by atoms with van der Waals surface area (Å²) in [6.07, 6.45) is 5.79. The number of guanidine groups is 1. The molecule has 6 nitrogen and oxygen atoms in total. The van der Waals surface area contributed by atoms with Crippen molar-refractivity contribution in [2.75, 3.05) is 34.4 Å². The zero-order valence-electron chi connectivity index (χ0n) is 16.3. The van der Waals surface area contributed by atoms with Crippen LogP contribution >= 0.6 is 24.0 Å². The van der Waals surface area contributed by atoms with Crippen molar-refractivity contribution in [1.82, 2.24) is 10.6 Å². The molecule has 0 radical (unpaired) electrons. The van der Waals surface area contributed by atoms with E-state index < -0.39 is 0 Å². The van der Waals surface area contributed by atoms with Crippen molar-refractivity contribution in [2.45, 2.75) is 45.1 Å². The number of nitrogens with one attached hydrogen (secondary N) is 2. The highest BCUT2D eigenvalue weighted by atomic mass is 127. The quantitative estimate of drug-likeness (QED) is 0.342. The lowest BCUT2D eigenvalue weighted by Gasteiger charge is -2.17. The minimum atomic E-state index is 0. The molecule has 0 atom stereocenters. The van der Waals surface area contributed by atoms with Crippen LogP contribution in [-0.4, -0.2) is 46.4 Å². The molecule has 1 fully saturated rings. The third-order valence-corrected chi connectivity index (χ3v) is 4.49. The molecule has 1 aliphatic carbocycles. The van der Waals surface area contributed by atoms with Gasteiger partial charge in [0.05, 0.1) is 21.3 Å². The molecule has 2 rings (SSSR count). The minimum absolute atomic E-state index is 0. The molecule has 0 saturated heterocycles. The highest BCUT2D eigenvalue weighted by Crippen LogP contribution is 2.34. The molecule has 1 aromatic rings. The van der Waals surface area contributed by atoms with Crippen LogP contribution in [-0.2, 0) is 6.42 Å². The summed E-state index contributed by atoms with van der Waals surface area (Å²) in [5.74, 6) is 3.14. The summed E-state index contributed by atoms with van der Waals surface area (Å²) in [5, 5.41) is 6.86. The van der Waals surface area contributed by atoms with Crippen LogP contribution in [0.15, 0.2) is 17.1 Å². The van der Waals surface area contributed by atoms with Crippen LogP contribution in [0.4, 0.5) is 0 Å². The first-order chi connectivity index (χ1) is 12.2. The molecule has 2 N–H and O–H groups in total. The number of hydrogen-bond donors (Lipinski definition) is 2. The molecule has 0 unspecified atom stereocenters. The van der Waals surface area contributed by atoms with Gasteiger partial charge in [-0.3, -0.25) is 4.99 Å². The Kier molecular flexibility index (Phi) is 10.5.